The average Bonchev–Trinajstić information content (AvgIpc) is 2.93. The monoisotopic (exact) mass is 248 g/mol. The van der Waals surface area contributed by atoms with Crippen molar-refractivity contribution in [2.45, 2.75) is 19.4 Å². The Hall–Kier alpha value is -2.25. The summed E-state index contributed by atoms with van der Waals surface area (Å²) in [6.45, 7) is 2.58. The Morgan fingerprint density at radius 1 is 1.50 bits per heavy atom. The number of fused-ring (bicyclic) bond motifs is 1. The normalized spacial score (nSPS) is 23.7. The molecule has 8 heteroatoms. The molecular weight excluding hydrogens is 236 g/mol. The first-order valence-electron chi connectivity index (χ1n) is 5.71. The average molecular weight is 248 g/mol. The maximum Gasteiger partial charge on any atom is 0.308 e. The van der Waals surface area contributed by atoms with E-state index in [0.29, 0.717) is 24.4 Å². The van der Waals surface area contributed by atoms with Crippen molar-refractivity contribution in [3.63, 3.8) is 0 Å². The fourth-order valence-corrected chi connectivity index (χ4v) is 2.39. The highest BCUT2D eigenvalue weighted by Crippen LogP contribution is 2.28. The van der Waals surface area contributed by atoms with Gasteiger partial charge in [-0.2, -0.15) is 0 Å². The molecule has 1 fully saturated rings. The van der Waals surface area contributed by atoms with E-state index in [4.69, 9.17) is 5.11 Å². The highest BCUT2D eigenvalue weighted by molar-refractivity contribution is 5.72. The molecule has 3 rings (SSSR count). The molecule has 8 nitrogen and oxygen atoms in total. The van der Waals surface area contributed by atoms with Gasteiger partial charge in [-0.25, -0.2) is 0 Å². The van der Waals surface area contributed by atoms with Crippen LogP contribution in [0.5, 0.6) is 0 Å². The minimum absolute atomic E-state index is 0.0797. The second-order valence-corrected chi connectivity index (χ2v) is 4.39. The number of anilines is 1. The third kappa shape index (κ3) is 1.57. The predicted octanol–water partition coefficient (Wildman–Crippen LogP) is -0.181. The van der Waals surface area contributed by atoms with Crippen LogP contribution in [-0.4, -0.2) is 48.9 Å². The first-order chi connectivity index (χ1) is 8.66. The number of nitrogens with zero attached hydrogens (tertiary/aromatic N) is 6. The molecule has 1 aliphatic heterocycles. The van der Waals surface area contributed by atoms with Crippen molar-refractivity contribution in [2.75, 3.05) is 11.4 Å². The Labute approximate surface area is 102 Å². The maximum atomic E-state index is 11.1. The van der Waals surface area contributed by atoms with Crippen LogP contribution in [0, 0.1) is 5.92 Å². The lowest BCUT2D eigenvalue weighted by molar-refractivity contribution is -0.141. The lowest BCUT2D eigenvalue weighted by Gasteiger charge is -2.23. The Balaban J connectivity index is 1.93. The summed E-state index contributed by atoms with van der Waals surface area (Å²) in [6, 6.07) is 3.50. The number of carboxylic acids is 1. The second kappa shape index (κ2) is 3.90. The molecule has 1 saturated heterocycles. The van der Waals surface area contributed by atoms with Gasteiger partial charge >= 0.3 is 5.97 Å². The molecule has 1 aliphatic rings. The number of carbonyl (C=O) groups is 1. The summed E-state index contributed by atoms with van der Waals surface area (Å²) in [5.41, 5.74) is 0.570. The van der Waals surface area contributed by atoms with Gasteiger partial charge in [0.15, 0.2) is 11.5 Å². The first kappa shape index (κ1) is 10.9. The fourth-order valence-electron chi connectivity index (χ4n) is 2.39. The van der Waals surface area contributed by atoms with Crippen molar-refractivity contribution in [2.24, 2.45) is 5.92 Å². The number of aliphatic carboxylic acids is 1. The second-order valence-electron chi connectivity index (χ2n) is 4.39. The van der Waals surface area contributed by atoms with Gasteiger partial charge in [-0.1, -0.05) is 0 Å². The van der Waals surface area contributed by atoms with Crippen LogP contribution in [0.3, 0.4) is 0 Å². The summed E-state index contributed by atoms with van der Waals surface area (Å²) in [5, 5.41) is 24.4. The molecule has 2 atom stereocenters. The number of hydrogen-bond donors (Lipinski definition) is 1. The van der Waals surface area contributed by atoms with Crippen molar-refractivity contribution in [1.82, 2.24) is 25.3 Å². The number of tetrazole rings is 1. The maximum absolute atomic E-state index is 11.1. The van der Waals surface area contributed by atoms with Crippen molar-refractivity contribution < 1.29 is 9.90 Å². The topological polar surface area (TPSA) is 96.5 Å². The van der Waals surface area contributed by atoms with Crippen LogP contribution < -0.4 is 4.90 Å². The van der Waals surface area contributed by atoms with Crippen molar-refractivity contribution >= 4 is 17.4 Å². The van der Waals surface area contributed by atoms with Crippen LogP contribution in [0.1, 0.15) is 13.3 Å². The highest BCUT2D eigenvalue weighted by Gasteiger charge is 2.36. The van der Waals surface area contributed by atoms with Gasteiger partial charge in [0.25, 0.3) is 0 Å². The van der Waals surface area contributed by atoms with E-state index in [0.717, 1.165) is 0 Å². The molecule has 0 aliphatic carbocycles. The van der Waals surface area contributed by atoms with Crippen LogP contribution in [0.15, 0.2) is 12.1 Å². The van der Waals surface area contributed by atoms with E-state index >= 15 is 0 Å². The molecule has 3 heterocycles. The number of hydrogen-bond acceptors (Lipinski definition) is 6. The lowest BCUT2D eigenvalue weighted by Crippen LogP contribution is -2.33. The Morgan fingerprint density at radius 3 is 3.06 bits per heavy atom. The Morgan fingerprint density at radius 2 is 2.33 bits per heavy atom. The van der Waals surface area contributed by atoms with Gasteiger partial charge < -0.3 is 10.0 Å². The molecule has 1 N–H and O–H groups in total. The SMILES string of the molecule is CC1C(C(=O)O)CCN1c1ccc2nnnn2n1. The molecule has 0 aromatic carbocycles. The molecular formula is C10H12N6O2. The molecule has 0 spiro atoms. The molecule has 0 bridgehead atoms. The van der Waals surface area contributed by atoms with Gasteiger partial charge in [0.2, 0.25) is 0 Å². The Kier molecular flexibility index (Phi) is 2.35. The van der Waals surface area contributed by atoms with Crippen molar-refractivity contribution in [3.8, 4) is 0 Å². The van der Waals surface area contributed by atoms with Crippen molar-refractivity contribution in [1.29, 1.82) is 0 Å². The van der Waals surface area contributed by atoms with E-state index in [1.54, 1.807) is 6.07 Å². The van der Waals surface area contributed by atoms with Gasteiger partial charge in [-0.15, -0.1) is 14.8 Å². The fraction of sp³-hybridized carbons (Fsp3) is 0.500. The molecule has 0 amide bonds. The summed E-state index contributed by atoms with van der Waals surface area (Å²) < 4.78 is 1.34. The third-order valence-electron chi connectivity index (χ3n) is 3.42. The van der Waals surface area contributed by atoms with E-state index in [2.05, 4.69) is 20.6 Å². The van der Waals surface area contributed by atoms with E-state index in [1.165, 1.54) is 4.63 Å². The smallest absolute Gasteiger partial charge is 0.308 e. The standard InChI is InChI=1S/C10H12N6O2/c1-6-7(10(17)18)4-5-15(6)9-3-2-8-11-13-14-16(8)12-9/h2-3,6-7H,4-5H2,1H3,(H,17,18). The minimum atomic E-state index is -0.756. The molecule has 0 radical (unpaired) electrons. The molecule has 94 valence electrons. The summed E-state index contributed by atoms with van der Waals surface area (Å²) in [4.78, 5) is 13.0. The van der Waals surface area contributed by atoms with E-state index < -0.39 is 5.97 Å². The quantitative estimate of drug-likeness (QED) is 0.787. The first-order valence-corrected chi connectivity index (χ1v) is 5.71. The molecule has 2 aromatic rings. The number of aromatic nitrogens is 5. The molecule has 0 saturated carbocycles. The van der Waals surface area contributed by atoms with Crippen LogP contribution in [-0.2, 0) is 4.79 Å². The largest absolute Gasteiger partial charge is 0.481 e. The summed E-state index contributed by atoms with van der Waals surface area (Å²) in [5.74, 6) is -0.407. The van der Waals surface area contributed by atoms with Gasteiger partial charge in [0.05, 0.1) is 5.92 Å². The summed E-state index contributed by atoms with van der Waals surface area (Å²) in [6.07, 6.45) is 0.631. The zero-order valence-electron chi connectivity index (χ0n) is 9.76. The van der Waals surface area contributed by atoms with E-state index in [-0.39, 0.29) is 12.0 Å². The van der Waals surface area contributed by atoms with E-state index in [1.807, 2.05) is 17.9 Å². The van der Waals surface area contributed by atoms with Gasteiger partial charge in [0.1, 0.15) is 0 Å². The molecule has 18 heavy (non-hydrogen) atoms. The molecule has 2 aromatic heterocycles. The van der Waals surface area contributed by atoms with Crippen molar-refractivity contribution in [3.05, 3.63) is 12.1 Å². The summed E-state index contributed by atoms with van der Waals surface area (Å²) >= 11 is 0. The van der Waals surface area contributed by atoms with Crippen LogP contribution in [0.25, 0.3) is 5.65 Å². The number of rotatable bonds is 2. The van der Waals surface area contributed by atoms with Gasteiger partial charge in [-0.05, 0) is 35.9 Å². The van der Waals surface area contributed by atoms with Crippen LogP contribution >= 0.6 is 0 Å². The Bertz CT molecular complexity index is 597. The van der Waals surface area contributed by atoms with Crippen LogP contribution in [0.4, 0.5) is 5.82 Å². The molecule has 2 unspecified atom stereocenters. The highest BCUT2D eigenvalue weighted by atomic mass is 16.4. The zero-order valence-corrected chi connectivity index (χ0v) is 9.76. The van der Waals surface area contributed by atoms with Gasteiger partial charge in [0, 0.05) is 12.6 Å². The van der Waals surface area contributed by atoms with E-state index in [9.17, 15) is 4.79 Å². The predicted molar refractivity (Wildman–Crippen MR) is 61.1 cm³/mol. The van der Waals surface area contributed by atoms with Crippen LogP contribution in [0.2, 0.25) is 0 Å². The van der Waals surface area contributed by atoms with Gasteiger partial charge in [-0.3, -0.25) is 4.79 Å². The zero-order chi connectivity index (χ0) is 12.7. The summed E-state index contributed by atoms with van der Waals surface area (Å²) in [7, 11) is 0. The number of carboxylic acid groups (broad SMARTS) is 1. The minimum Gasteiger partial charge on any atom is -0.481 e. The third-order valence-corrected chi connectivity index (χ3v) is 3.42. The lowest BCUT2D eigenvalue weighted by atomic mass is 10.0.